The summed E-state index contributed by atoms with van der Waals surface area (Å²) in [7, 11) is 0. The Morgan fingerprint density at radius 3 is 2.87 bits per heavy atom. The summed E-state index contributed by atoms with van der Waals surface area (Å²) in [6.45, 7) is 4.74. The maximum absolute atomic E-state index is 2.37. The molecule has 0 aliphatic heterocycles. The number of hydrogen-bond donors (Lipinski definition) is 0. The predicted molar refractivity (Wildman–Crippen MR) is 64.7 cm³/mol. The third-order valence-corrected chi connectivity index (χ3v) is 3.96. The number of fused-ring (bicyclic) bond motifs is 3. The van der Waals surface area contributed by atoms with Crippen LogP contribution >= 0.6 is 0 Å². The van der Waals surface area contributed by atoms with E-state index in [4.69, 9.17) is 0 Å². The van der Waals surface area contributed by atoms with Crippen LogP contribution in [0.25, 0.3) is 5.57 Å². The second-order valence-electron chi connectivity index (χ2n) is 5.11. The van der Waals surface area contributed by atoms with E-state index in [1.54, 1.807) is 0 Å². The Balaban J connectivity index is 2.28. The van der Waals surface area contributed by atoms with Crippen molar-refractivity contribution in [1.29, 1.82) is 0 Å². The van der Waals surface area contributed by atoms with E-state index >= 15 is 0 Å². The van der Waals surface area contributed by atoms with Crippen LogP contribution in [0, 0.1) is 5.92 Å². The van der Waals surface area contributed by atoms with Gasteiger partial charge >= 0.3 is 0 Å². The van der Waals surface area contributed by atoms with Crippen molar-refractivity contribution in [1.82, 2.24) is 0 Å². The molecule has 0 bridgehead atoms. The summed E-state index contributed by atoms with van der Waals surface area (Å²) in [6.07, 6.45) is 7.97. The average Bonchev–Trinajstić information content (AvgIpc) is 2.51. The first-order valence-electron chi connectivity index (χ1n) is 5.68. The van der Waals surface area contributed by atoms with Gasteiger partial charge in [0.25, 0.3) is 0 Å². The fourth-order valence-corrected chi connectivity index (χ4v) is 3.07. The Kier molecular flexibility index (Phi) is 1.70. The van der Waals surface area contributed by atoms with Crippen molar-refractivity contribution < 1.29 is 0 Å². The van der Waals surface area contributed by atoms with Gasteiger partial charge in [-0.2, -0.15) is 0 Å². The zero-order valence-electron chi connectivity index (χ0n) is 9.33. The average molecular weight is 196 g/mol. The maximum atomic E-state index is 2.37. The minimum absolute atomic E-state index is 0.299. The van der Waals surface area contributed by atoms with Crippen LogP contribution in [-0.2, 0) is 5.41 Å². The van der Waals surface area contributed by atoms with E-state index in [1.807, 2.05) is 0 Å². The molecule has 0 aromatic heterocycles. The monoisotopic (exact) mass is 196 g/mol. The van der Waals surface area contributed by atoms with Gasteiger partial charge in [0.1, 0.15) is 0 Å². The first-order valence-corrected chi connectivity index (χ1v) is 5.68. The van der Waals surface area contributed by atoms with Crippen molar-refractivity contribution in [3.63, 3.8) is 0 Å². The van der Waals surface area contributed by atoms with Gasteiger partial charge in [0.15, 0.2) is 0 Å². The standard InChI is InChI=1S/C15H16/c1-15(2)13-9-5-3-7-11(13)12-8-4-6-10-14(12)15/h3-9,14H,10H2,1-2H3. The quantitative estimate of drug-likeness (QED) is 0.589. The zero-order valence-corrected chi connectivity index (χ0v) is 9.33. The Morgan fingerprint density at radius 1 is 1.20 bits per heavy atom. The molecule has 0 fully saturated rings. The molecule has 0 nitrogen and oxygen atoms in total. The van der Waals surface area contributed by atoms with Crippen LogP contribution in [0.3, 0.4) is 0 Å². The molecule has 0 saturated carbocycles. The number of rotatable bonds is 0. The summed E-state index contributed by atoms with van der Waals surface area (Å²) in [5.41, 5.74) is 4.83. The van der Waals surface area contributed by atoms with Crippen molar-refractivity contribution in [2.75, 3.05) is 0 Å². The van der Waals surface area contributed by atoms with Crippen LogP contribution < -0.4 is 0 Å². The van der Waals surface area contributed by atoms with Gasteiger partial charge in [0.05, 0.1) is 0 Å². The highest BCUT2D eigenvalue weighted by molar-refractivity contribution is 5.79. The summed E-state index contributed by atoms with van der Waals surface area (Å²) < 4.78 is 0. The molecule has 2 aliphatic rings. The molecular weight excluding hydrogens is 180 g/mol. The molecular formula is C15H16. The highest BCUT2D eigenvalue weighted by Crippen LogP contribution is 2.52. The van der Waals surface area contributed by atoms with Gasteiger partial charge in [-0.25, -0.2) is 0 Å². The highest BCUT2D eigenvalue weighted by Gasteiger charge is 2.41. The molecule has 1 atom stereocenters. The van der Waals surface area contributed by atoms with Crippen LogP contribution in [0.2, 0.25) is 0 Å². The molecule has 76 valence electrons. The highest BCUT2D eigenvalue weighted by atomic mass is 14.4. The lowest BCUT2D eigenvalue weighted by atomic mass is 9.75. The molecule has 2 aliphatic carbocycles. The number of hydrogen-bond acceptors (Lipinski definition) is 0. The molecule has 1 aromatic carbocycles. The maximum Gasteiger partial charge on any atom is -0.00257 e. The van der Waals surface area contributed by atoms with Crippen LogP contribution in [0.5, 0.6) is 0 Å². The second-order valence-corrected chi connectivity index (χ2v) is 5.11. The third-order valence-electron chi connectivity index (χ3n) is 3.96. The van der Waals surface area contributed by atoms with Crippen molar-refractivity contribution >= 4 is 5.57 Å². The molecule has 0 saturated heterocycles. The van der Waals surface area contributed by atoms with Crippen LogP contribution in [0.15, 0.2) is 42.5 Å². The lowest BCUT2D eigenvalue weighted by Gasteiger charge is -2.29. The first kappa shape index (κ1) is 8.96. The van der Waals surface area contributed by atoms with E-state index in [0.717, 1.165) is 0 Å². The van der Waals surface area contributed by atoms with Gasteiger partial charge in [-0.15, -0.1) is 0 Å². The molecule has 0 spiro atoms. The van der Waals surface area contributed by atoms with E-state index in [0.29, 0.717) is 11.3 Å². The molecule has 15 heavy (non-hydrogen) atoms. The van der Waals surface area contributed by atoms with Gasteiger partial charge in [-0.3, -0.25) is 0 Å². The second kappa shape index (κ2) is 2.85. The fourth-order valence-electron chi connectivity index (χ4n) is 3.07. The predicted octanol–water partition coefficient (Wildman–Crippen LogP) is 3.94. The van der Waals surface area contributed by atoms with E-state index in [9.17, 15) is 0 Å². The molecule has 1 unspecified atom stereocenters. The summed E-state index contributed by atoms with van der Waals surface area (Å²) in [6, 6.07) is 8.86. The fraction of sp³-hybridized carbons (Fsp3) is 0.333. The normalized spacial score (nSPS) is 25.7. The van der Waals surface area contributed by atoms with Gasteiger partial charge < -0.3 is 0 Å². The largest absolute Gasteiger partial charge is 0.0839 e. The van der Waals surface area contributed by atoms with Gasteiger partial charge in [-0.1, -0.05) is 56.3 Å². The Labute approximate surface area is 91.3 Å². The van der Waals surface area contributed by atoms with Crippen molar-refractivity contribution in [3.8, 4) is 0 Å². The van der Waals surface area contributed by atoms with Gasteiger partial charge in [-0.05, 0) is 34.5 Å². The van der Waals surface area contributed by atoms with Crippen molar-refractivity contribution in [3.05, 3.63) is 53.6 Å². The lowest BCUT2D eigenvalue weighted by molar-refractivity contribution is 0.414. The van der Waals surface area contributed by atoms with E-state index < -0.39 is 0 Å². The SMILES string of the molecule is CC1(C)c2ccccc2C2=CC=CCC21. The Bertz CT molecular complexity index is 461. The summed E-state index contributed by atoms with van der Waals surface area (Å²) in [4.78, 5) is 0. The van der Waals surface area contributed by atoms with Crippen molar-refractivity contribution in [2.24, 2.45) is 5.92 Å². The smallest absolute Gasteiger partial charge is 0.00257 e. The Morgan fingerprint density at radius 2 is 2.00 bits per heavy atom. The first-order chi connectivity index (χ1) is 7.21. The summed E-state index contributed by atoms with van der Waals surface area (Å²) in [5.74, 6) is 0.680. The molecule has 0 heterocycles. The van der Waals surface area contributed by atoms with Crippen LogP contribution in [0.4, 0.5) is 0 Å². The molecule has 0 heteroatoms. The van der Waals surface area contributed by atoms with E-state index in [-0.39, 0.29) is 0 Å². The lowest BCUT2D eigenvalue weighted by Crippen LogP contribution is -2.23. The van der Waals surface area contributed by atoms with Crippen LogP contribution in [-0.4, -0.2) is 0 Å². The summed E-state index contributed by atoms with van der Waals surface area (Å²) >= 11 is 0. The number of benzene rings is 1. The Hall–Kier alpha value is -1.30. The molecule has 0 radical (unpaired) electrons. The van der Waals surface area contributed by atoms with E-state index in [2.05, 4.69) is 56.3 Å². The third kappa shape index (κ3) is 1.08. The minimum atomic E-state index is 0.299. The summed E-state index contributed by atoms with van der Waals surface area (Å²) in [5, 5.41) is 0. The minimum Gasteiger partial charge on any atom is -0.0839 e. The van der Waals surface area contributed by atoms with Gasteiger partial charge in [0.2, 0.25) is 0 Å². The van der Waals surface area contributed by atoms with E-state index in [1.165, 1.54) is 23.1 Å². The molecule has 0 amide bonds. The molecule has 0 N–H and O–H groups in total. The molecule has 3 rings (SSSR count). The van der Waals surface area contributed by atoms with Crippen molar-refractivity contribution in [2.45, 2.75) is 25.7 Å². The molecule has 1 aromatic rings. The van der Waals surface area contributed by atoms with Crippen LogP contribution in [0.1, 0.15) is 31.4 Å². The topological polar surface area (TPSA) is 0 Å². The zero-order chi connectivity index (χ0) is 10.5. The van der Waals surface area contributed by atoms with Gasteiger partial charge in [0, 0.05) is 0 Å². The number of allylic oxidation sites excluding steroid dienone is 4.